The number of phenols is 2. The fourth-order valence-corrected chi connectivity index (χ4v) is 2.36. The molecule has 0 radical (unpaired) electrons. The quantitative estimate of drug-likeness (QED) is 0.757. The number of aromatic hydroxyl groups is 2. The summed E-state index contributed by atoms with van der Waals surface area (Å²) in [6.45, 7) is 2.36. The van der Waals surface area contributed by atoms with Gasteiger partial charge in [-0.05, 0) is 37.3 Å². The summed E-state index contributed by atoms with van der Waals surface area (Å²) in [4.78, 5) is 4.43. The molecule has 3 aromatic rings. The molecule has 3 rings (SSSR count). The van der Waals surface area contributed by atoms with Crippen LogP contribution in [0.2, 0.25) is 0 Å². The van der Waals surface area contributed by atoms with Crippen molar-refractivity contribution in [3.63, 3.8) is 0 Å². The number of fused-ring (bicyclic) bond motifs is 1. The molecular weight excluding hydrogens is 290 g/mol. The van der Waals surface area contributed by atoms with Gasteiger partial charge in [-0.15, -0.1) is 0 Å². The normalized spacial score (nSPS) is 11.2. The number of benzene rings is 2. The van der Waals surface area contributed by atoms with Gasteiger partial charge in [-0.2, -0.15) is 0 Å². The Morgan fingerprint density at radius 2 is 1.83 bits per heavy atom. The first-order valence-electron chi connectivity index (χ1n) is 7.40. The van der Waals surface area contributed by atoms with Gasteiger partial charge in [0.15, 0.2) is 11.5 Å². The molecule has 4 nitrogen and oxygen atoms in total. The Bertz CT molecular complexity index is 872. The lowest BCUT2D eigenvalue weighted by molar-refractivity contribution is 0.318. The van der Waals surface area contributed by atoms with Crippen LogP contribution in [0.3, 0.4) is 0 Å². The monoisotopic (exact) mass is 307 g/mol. The number of para-hydroxylation sites is 2. The van der Waals surface area contributed by atoms with E-state index in [9.17, 15) is 10.2 Å². The molecule has 0 fully saturated rings. The third kappa shape index (κ3) is 3.11. The van der Waals surface area contributed by atoms with Crippen LogP contribution in [0.1, 0.15) is 18.2 Å². The highest BCUT2D eigenvalue weighted by atomic mass is 16.5. The van der Waals surface area contributed by atoms with Gasteiger partial charge in [-0.1, -0.05) is 30.3 Å². The van der Waals surface area contributed by atoms with Crippen LogP contribution in [0, 0.1) is 0 Å². The topological polar surface area (TPSA) is 62.6 Å². The predicted octanol–water partition coefficient (Wildman–Crippen LogP) is 4.22. The van der Waals surface area contributed by atoms with E-state index in [1.54, 1.807) is 36.4 Å². The first-order valence-corrected chi connectivity index (χ1v) is 7.40. The van der Waals surface area contributed by atoms with Gasteiger partial charge in [0, 0.05) is 10.9 Å². The maximum atomic E-state index is 10.2. The van der Waals surface area contributed by atoms with Crippen LogP contribution in [0.15, 0.2) is 48.5 Å². The Balaban J connectivity index is 1.94. The van der Waals surface area contributed by atoms with Gasteiger partial charge in [0.05, 0.1) is 12.3 Å². The van der Waals surface area contributed by atoms with E-state index in [1.807, 2.05) is 31.2 Å². The number of ether oxygens (including phenoxy) is 1. The molecule has 0 aliphatic heterocycles. The van der Waals surface area contributed by atoms with E-state index >= 15 is 0 Å². The third-order valence-electron chi connectivity index (χ3n) is 3.48. The minimum absolute atomic E-state index is 0.106. The summed E-state index contributed by atoms with van der Waals surface area (Å²) in [5.74, 6) is 0.715. The molecule has 2 aromatic carbocycles. The number of nitrogens with zero attached hydrogens (tertiary/aromatic N) is 1. The van der Waals surface area contributed by atoms with Gasteiger partial charge in [0.25, 0.3) is 0 Å². The Morgan fingerprint density at radius 3 is 2.65 bits per heavy atom. The van der Waals surface area contributed by atoms with E-state index in [0.29, 0.717) is 29.1 Å². The molecular formula is C19H17NO3. The number of phenolic OH excluding ortho intramolecular Hbond substituents is 2. The van der Waals surface area contributed by atoms with Crippen LogP contribution >= 0.6 is 0 Å². The second kappa shape index (κ2) is 6.40. The zero-order valence-electron chi connectivity index (χ0n) is 12.7. The van der Waals surface area contributed by atoms with Crippen molar-refractivity contribution in [3.8, 4) is 17.2 Å². The maximum Gasteiger partial charge on any atom is 0.165 e. The molecule has 0 bridgehead atoms. The zero-order chi connectivity index (χ0) is 16.2. The van der Waals surface area contributed by atoms with Crippen LogP contribution in [-0.2, 0) is 0 Å². The van der Waals surface area contributed by atoms with Gasteiger partial charge < -0.3 is 14.9 Å². The lowest BCUT2D eigenvalue weighted by atomic mass is 10.1. The average molecular weight is 307 g/mol. The predicted molar refractivity (Wildman–Crippen MR) is 91.6 cm³/mol. The highest BCUT2D eigenvalue weighted by molar-refractivity contribution is 5.86. The minimum atomic E-state index is 0.106. The molecule has 23 heavy (non-hydrogen) atoms. The zero-order valence-corrected chi connectivity index (χ0v) is 12.7. The number of pyridine rings is 1. The smallest absolute Gasteiger partial charge is 0.165 e. The SMILES string of the molecule is CCOc1cccc(/C=C/c2ccc3cccc(O)c3n2)c1O. The van der Waals surface area contributed by atoms with Crippen molar-refractivity contribution >= 4 is 23.1 Å². The molecule has 0 spiro atoms. The molecule has 116 valence electrons. The fourth-order valence-electron chi connectivity index (χ4n) is 2.36. The summed E-state index contributed by atoms with van der Waals surface area (Å²) >= 11 is 0. The Hall–Kier alpha value is -3.01. The van der Waals surface area contributed by atoms with Gasteiger partial charge in [-0.25, -0.2) is 4.98 Å². The molecule has 0 aliphatic rings. The first-order chi connectivity index (χ1) is 11.2. The highest BCUT2D eigenvalue weighted by Gasteiger charge is 2.05. The van der Waals surface area contributed by atoms with Crippen LogP contribution in [0.25, 0.3) is 23.1 Å². The third-order valence-corrected chi connectivity index (χ3v) is 3.48. The van der Waals surface area contributed by atoms with E-state index in [-0.39, 0.29) is 11.5 Å². The second-order valence-electron chi connectivity index (χ2n) is 5.05. The van der Waals surface area contributed by atoms with Gasteiger partial charge in [-0.3, -0.25) is 0 Å². The second-order valence-corrected chi connectivity index (χ2v) is 5.05. The van der Waals surface area contributed by atoms with Gasteiger partial charge in [0.2, 0.25) is 0 Å². The molecule has 0 aliphatic carbocycles. The molecule has 0 saturated carbocycles. The molecule has 1 heterocycles. The average Bonchev–Trinajstić information content (AvgIpc) is 2.56. The van der Waals surface area contributed by atoms with E-state index in [4.69, 9.17) is 4.74 Å². The first kappa shape index (κ1) is 14.9. The highest BCUT2D eigenvalue weighted by Crippen LogP contribution is 2.31. The molecule has 1 aromatic heterocycles. The lowest BCUT2D eigenvalue weighted by Gasteiger charge is -2.07. The number of aromatic nitrogens is 1. The molecule has 0 amide bonds. The Kier molecular flexibility index (Phi) is 4.15. The lowest BCUT2D eigenvalue weighted by Crippen LogP contribution is -1.92. The van der Waals surface area contributed by atoms with Crippen LogP contribution in [0.5, 0.6) is 17.2 Å². The van der Waals surface area contributed by atoms with Crippen molar-refractivity contribution in [1.82, 2.24) is 4.98 Å². The number of rotatable bonds is 4. The van der Waals surface area contributed by atoms with Crippen LogP contribution < -0.4 is 4.74 Å². The van der Waals surface area contributed by atoms with E-state index in [2.05, 4.69) is 4.98 Å². The minimum Gasteiger partial charge on any atom is -0.506 e. The Morgan fingerprint density at radius 1 is 1.00 bits per heavy atom. The van der Waals surface area contributed by atoms with E-state index in [1.165, 1.54) is 0 Å². The molecule has 2 N–H and O–H groups in total. The van der Waals surface area contributed by atoms with Gasteiger partial charge >= 0.3 is 0 Å². The van der Waals surface area contributed by atoms with Crippen molar-refractivity contribution in [2.24, 2.45) is 0 Å². The van der Waals surface area contributed by atoms with Crippen molar-refractivity contribution in [3.05, 3.63) is 59.8 Å². The summed E-state index contributed by atoms with van der Waals surface area (Å²) in [5.41, 5.74) is 1.90. The van der Waals surface area contributed by atoms with Gasteiger partial charge in [0.1, 0.15) is 11.3 Å². The summed E-state index contributed by atoms with van der Waals surface area (Å²) in [7, 11) is 0. The fraction of sp³-hybridized carbons (Fsp3) is 0.105. The van der Waals surface area contributed by atoms with Crippen LogP contribution in [-0.4, -0.2) is 21.8 Å². The largest absolute Gasteiger partial charge is 0.506 e. The van der Waals surface area contributed by atoms with Crippen LogP contribution in [0.4, 0.5) is 0 Å². The summed E-state index contributed by atoms with van der Waals surface area (Å²) in [6.07, 6.45) is 3.56. The van der Waals surface area contributed by atoms with Crippen molar-refractivity contribution in [2.75, 3.05) is 6.61 Å². The number of hydrogen-bond acceptors (Lipinski definition) is 4. The van der Waals surface area contributed by atoms with Crippen molar-refractivity contribution in [2.45, 2.75) is 6.92 Å². The maximum absolute atomic E-state index is 10.2. The van der Waals surface area contributed by atoms with E-state index in [0.717, 1.165) is 5.39 Å². The van der Waals surface area contributed by atoms with E-state index < -0.39 is 0 Å². The van der Waals surface area contributed by atoms with Crippen molar-refractivity contribution in [1.29, 1.82) is 0 Å². The number of hydrogen-bond donors (Lipinski definition) is 2. The molecule has 0 atom stereocenters. The standard InChI is InChI=1S/C19H17NO3/c1-2-23-17-8-4-6-14(19(17)22)10-12-15-11-9-13-5-3-7-16(21)18(13)20-15/h3-12,21-22H,2H2,1H3/b12-10+. The molecule has 0 unspecified atom stereocenters. The van der Waals surface area contributed by atoms with Crippen molar-refractivity contribution < 1.29 is 14.9 Å². The summed E-state index contributed by atoms with van der Waals surface area (Å²) in [6, 6.07) is 14.4. The summed E-state index contributed by atoms with van der Waals surface area (Å²) < 4.78 is 5.37. The molecule has 0 saturated heterocycles. The summed E-state index contributed by atoms with van der Waals surface area (Å²) in [5, 5.41) is 20.9. The Labute approximate surface area is 134 Å². The molecule has 4 heteroatoms.